The van der Waals surface area contributed by atoms with Crippen molar-refractivity contribution in [3.05, 3.63) is 34.9 Å². The molecular weight excluding hydrogens is 238 g/mol. The summed E-state index contributed by atoms with van der Waals surface area (Å²) in [6, 6.07) is 7.57. The molecule has 4 heteroatoms. The third-order valence-electron chi connectivity index (χ3n) is 2.84. The van der Waals surface area contributed by atoms with E-state index in [1.165, 1.54) is 12.2 Å². The number of carbonyl (C=O) groups is 1. The second-order valence-corrected chi connectivity index (χ2v) is 5.08. The molecule has 0 saturated heterocycles. The van der Waals surface area contributed by atoms with Crippen LogP contribution in [-0.2, 0) is 15.0 Å². The Balaban J connectivity index is 2.81. The maximum Gasteiger partial charge on any atom is 0.246 e. The first-order chi connectivity index (χ1) is 7.86. The average molecular weight is 256 g/mol. The fraction of sp³-hybridized carbons (Fsp3) is 0.462. The molecule has 0 fully saturated rings. The van der Waals surface area contributed by atoms with Crippen LogP contribution in [0.3, 0.4) is 0 Å². The fourth-order valence-corrected chi connectivity index (χ4v) is 1.72. The van der Waals surface area contributed by atoms with Crippen LogP contribution in [-0.4, -0.2) is 25.1 Å². The molecule has 17 heavy (non-hydrogen) atoms. The van der Waals surface area contributed by atoms with E-state index >= 15 is 0 Å². The number of hydrogen-bond acceptors (Lipinski definition) is 2. The Morgan fingerprint density at radius 2 is 1.88 bits per heavy atom. The van der Waals surface area contributed by atoms with Crippen molar-refractivity contribution in [2.75, 3.05) is 14.2 Å². The summed E-state index contributed by atoms with van der Waals surface area (Å²) in [6.07, 6.45) is 0.388. The summed E-state index contributed by atoms with van der Waals surface area (Å²) in [4.78, 5) is 16.7. The lowest BCUT2D eigenvalue weighted by molar-refractivity contribution is -0.169. The predicted octanol–water partition coefficient (Wildman–Crippen LogP) is 3.03. The zero-order valence-corrected chi connectivity index (χ0v) is 11.4. The molecule has 0 heterocycles. The molecule has 3 nitrogen and oxygen atoms in total. The minimum atomic E-state index is -0.242. The van der Waals surface area contributed by atoms with E-state index in [9.17, 15) is 4.79 Å². The molecule has 0 radical (unpaired) electrons. The van der Waals surface area contributed by atoms with Gasteiger partial charge in [-0.15, -0.1) is 0 Å². The molecule has 0 aromatic heterocycles. The van der Waals surface area contributed by atoms with E-state index in [2.05, 4.69) is 0 Å². The zero-order chi connectivity index (χ0) is 13.1. The van der Waals surface area contributed by atoms with Crippen molar-refractivity contribution in [1.82, 2.24) is 5.06 Å². The molecule has 1 aromatic rings. The fourth-order valence-electron chi connectivity index (χ4n) is 1.59. The van der Waals surface area contributed by atoms with E-state index in [0.717, 1.165) is 5.56 Å². The first-order valence-corrected chi connectivity index (χ1v) is 5.81. The molecule has 0 aliphatic carbocycles. The lowest BCUT2D eigenvalue weighted by Crippen LogP contribution is -2.32. The van der Waals surface area contributed by atoms with Gasteiger partial charge in [0.1, 0.15) is 0 Å². The van der Waals surface area contributed by atoms with E-state index in [4.69, 9.17) is 16.4 Å². The minimum Gasteiger partial charge on any atom is -0.275 e. The van der Waals surface area contributed by atoms with Crippen LogP contribution in [0.5, 0.6) is 0 Å². The van der Waals surface area contributed by atoms with Gasteiger partial charge in [-0.3, -0.25) is 9.63 Å². The van der Waals surface area contributed by atoms with Crippen molar-refractivity contribution in [3.63, 3.8) is 0 Å². The highest BCUT2D eigenvalue weighted by Gasteiger charge is 2.26. The van der Waals surface area contributed by atoms with Crippen LogP contribution >= 0.6 is 11.6 Å². The van der Waals surface area contributed by atoms with E-state index in [1.807, 2.05) is 38.1 Å². The van der Waals surface area contributed by atoms with Gasteiger partial charge in [0.25, 0.3) is 0 Å². The third-order valence-corrected chi connectivity index (χ3v) is 3.10. The summed E-state index contributed by atoms with van der Waals surface area (Å²) >= 11 is 5.85. The van der Waals surface area contributed by atoms with Crippen molar-refractivity contribution in [1.29, 1.82) is 0 Å². The van der Waals surface area contributed by atoms with Crippen molar-refractivity contribution < 1.29 is 9.63 Å². The van der Waals surface area contributed by atoms with E-state index in [0.29, 0.717) is 11.4 Å². The zero-order valence-electron chi connectivity index (χ0n) is 10.7. The number of hydroxylamine groups is 2. The molecule has 94 valence electrons. The summed E-state index contributed by atoms with van der Waals surface area (Å²) in [6.45, 7) is 4.05. The number of benzene rings is 1. The second kappa shape index (κ2) is 5.52. The number of hydrogen-bond donors (Lipinski definition) is 0. The van der Waals surface area contributed by atoms with Crippen molar-refractivity contribution in [2.45, 2.75) is 25.7 Å². The van der Waals surface area contributed by atoms with E-state index in [-0.39, 0.29) is 11.3 Å². The van der Waals surface area contributed by atoms with Crippen molar-refractivity contribution in [2.24, 2.45) is 0 Å². The Bertz CT molecular complexity index is 387. The van der Waals surface area contributed by atoms with Crippen LogP contribution in [0.2, 0.25) is 5.02 Å². The molecule has 1 aromatic carbocycles. The molecule has 0 aliphatic rings. The summed E-state index contributed by atoms with van der Waals surface area (Å²) < 4.78 is 0. The van der Waals surface area contributed by atoms with Crippen LogP contribution < -0.4 is 0 Å². The van der Waals surface area contributed by atoms with Gasteiger partial charge in [-0.1, -0.05) is 37.6 Å². The number of carbonyl (C=O) groups excluding carboxylic acids is 1. The second-order valence-electron chi connectivity index (χ2n) is 4.64. The number of amides is 1. The van der Waals surface area contributed by atoms with Gasteiger partial charge in [-0.05, 0) is 23.1 Å². The van der Waals surface area contributed by atoms with Crippen LogP contribution in [0.1, 0.15) is 25.8 Å². The molecular formula is C13H18ClNO2. The Morgan fingerprint density at radius 3 is 2.35 bits per heavy atom. The predicted molar refractivity (Wildman–Crippen MR) is 68.9 cm³/mol. The SMILES string of the molecule is CON(C)C(=O)CC(C)(C)c1ccc(Cl)cc1. The van der Waals surface area contributed by atoms with Crippen LogP contribution in [0.25, 0.3) is 0 Å². The molecule has 0 atom stereocenters. The number of nitrogens with zero attached hydrogens (tertiary/aromatic N) is 1. The van der Waals surface area contributed by atoms with Gasteiger partial charge in [0.2, 0.25) is 5.91 Å². The summed E-state index contributed by atoms with van der Waals surface area (Å²) in [5.74, 6) is -0.0487. The van der Waals surface area contributed by atoms with E-state index < -0.39 is 0 Å². The van der Waals surface area contributed by atoms with Crippen LogP contribution in [0.4, 0.5) is 0 Å². The number of rotatable bonds is 4. The van der Waals surface area contributed by atoms with Gasteiger partial charge in [-0.2, -0.15) is 0 Å². The Morgan fingerprint density at radius 1 is 1.35 bits per heavy atom. The molecule has 1 rings (SSSR count). The smallest absolute Gasteiger partial charge is 0.246 e. The maximum absolute atomic E-state index is 11.8. The van der Waals surface area contributed by atoms with Crippen molar-refractivity contribution >= 4 is 17.5 Å². The van der Waals surface area contributed by atoms with Gasteiger partial charge < -0.3 is 0 Å². The lowest BCUT2D eigenvalue weighted by atomic mass is 9.81. The molecule has 1 amide bonds. The summed E-state index contributed by atoms with van der Waals surface area (Å²) in [7, 11) is 3.09. The molecule has 0 spiro atoms. The van der Waals surface area contributed by atoms with Crippen LogP contribution in [0.15, 0.2) is 24.3 Å². The first-order valence-electron chi connectivity index (χ1n) is 5.43. The monoisotopic (exact) mass is 255 g/mol. The molecule has 0 bridgehead atoms. The standard InChI is InChI=1S/C13H18ClNO2/c1-13(2,9-12(16)15(3)17-4)10-5-7-11(14)8-6-10/h5-8H,9H2,1-4H3. The lowest BCUT2D eigenvalue weighted by Gasteiger charge is -2.26. The van der Waals surface area contributed by atoms with Gasteiger partial charge in [0.05, 0.1) is 7.11 Å². The normalized spacial score (nSPS) is 11.4. The number of halogens is 1. The Hall–Kier alpha value is -1.06. The van der Waals surface area contributed by atoms with Gasteiger partial charge in [0, 0.05) is 18.5 Å². The highest BCUT2D eigenvalue weighted by Crippen LogP contribution is 2.28. The Kier molecular flexibility index (Phi) is 4.54. The molecule has 0 unspecified atom stereocenters. The van der Waals surface area contributed by atoms with Gasteiger partial charge in [0.15, 0.2) is 0 Å². The van der Waals surface area contributed by atoms with Crippen LogP contribution in [0, 0.1) is 0 Å². The summed E-state index contributed by atoms with van der Waals surface area (Å²) in [5, 5.41) is 1.95. The Labute approximate surface area is 107 Å². The highest BCUT2D eigenvalue weighted by molar-refractivity contribution is 6.30. The largest absolute Gasteiger partial charge is 0.275 e. The quantitative estimate of drug-likeness (QED) is 0.774. The van der Waals surface area contributed by atoms with Gasteiger partial charge in [-0.25, -0.2) is 5.06 Å². The first kappa shape index (κ1) is 14.0. The van der Waals surface area contributed by atoms with E-state index in [1.54, 1.807) is 7.05 Å². The molecule has 0 N–H and O–H groups in total. The molecule has 0 aliphatic heterocycles. The van der Waals surface area contributed by atoms with Crippen molar-refractivity contribution in [3.8, 4) is 0 Å². The minimum absolute atomic E-state index is 0.0487. The van der Waals surface area contributed by atoms with Gasteiger partial charge >= 0.3 is 0 Å². The third kappa shape index (κ3) is 3.72. The summed E-state index contributed by atoms with van der Waals surface area (Å²) in [5.41, 5.74) is 0.841. The topological polar surface area (TPSA) is 29.5 Å². The average Bonchev–Trinajstić information content (AvgIpc) is 2.27. The molecule has 0 saturated carbocycles. The maximum atomic E-state index is 11.8. The highest BCUT2D eigenvalue weighted by atomic mass is 35.5.